The number of nitriles is 4. The van der Waals surface area contributed by atoms with Crippen LogP contribution in [0.4, 0.5) is 27.6 Å². The summed E-state index contributed by atoms with van der Waals surface area (Å²) >= 11 is 0. The van der Waals surface area contributed by atoms with E-state index in [1.807, 2.05) is 6.07 Å². The Morgan fingerprint density at radius 3 is 1.59 bits per heavy atom. The molecule has 0 saturated carbocycles. The third-order valence-electron chi connectivity index (χ3n) is 7.73. The van der Waals surface area contributed by atoms with Crippen molar-refractivity contribution in [2.24, 2.45) is 0 Å². The third kappa shape index (κ3) is 4.83. The maximum absolute atomic E-state index is 15.6. The van der Waals surface area contributed by atoms with Gasteiger partial charge in [-0.05, 0) is 51.1 Å². The van der Waals surface area contributed by atoms with Crippen molar-refractivity contribution >= 4 is 39.2 Å². The molecule has 0 unspecified atom stereocenters. The summed E-state index contributed by atoms with van der Waals surface area (Å²) in [6, 6.07) is 16.4. The van der Waals surface area contributed by atoms with Gasteiger partial charge in [-0.25, -0.2) is 38.7 Å². The molecule has 0 atom stereocenters. The molecule has 0 amide bonds. The topological polar surface area (TPSA) is 113 Å². The minimum Gasteiger partial charge on any atom is -0.238 e. The molecular weight excluding hydrogens is 639 g/mol. The van der Waals surface area contributed by atoms with E-state index in [1.165, 1.54) is 60.7 Å². The Hall–Kier alpha value is -7.81. The summed E-state index contributed by atoms with van der Waals surface area (Å²) in [7, 11) is 0. The molecule has 228 valence electrons. The quantitative estimate of drug-likeness (QED) is 0.160. The average Bonchev–Trinajstić information content (AvgIpc) is 3.60. The first-order valence-corrected chi connectivity index (χ1v) is 13.4. The van der Waals surface area contributed by atoms with Gasteiger partial charge in [0.15, 0.2) is 5.69 Å². The van der Waals surface area contributed by atoms with Gasteiger partial charge < -0.3 is 0 Å². The number of fused-ring (bicyclic) bond motifs is 2. The maximum atomic E-state index is 15.6. The van der Waals surface area contributed by atoms with Crippen LogP contribution in [0.3, 0.4) is 0 Å². The number of rotatable bonds is 3. The molecule has 0 spiro atoms. The molecule has 2 aliphatic carbocycles. The summed E-state index contributed by atoms with van der Waals surface area (Å²) in [6.45, 7) is 30.5. The first kappa shape index (κ1) is 32.6. The number of benzene rings is 3. The Kier molecular flexibility index (Phi) is 8.10. The summed E-state index contributed by atoms with van der Waals surface area (Å²) in [5.41, 5.74) is -13.1. The Morgan fingerprint density at radius 1 is 0.653 bits per heavy atom. The van der Waals surface area contributed by atoms with Crippen LogP contribution in [0.25, 0.3) is 52.9 Å². The predicted octanol–water partition coefficient (Wildman–Crippen LogP) is 9.62. The fraction of sp³-hybridized carbons (Fsp3) is 0.0556. The van der Waals surface area contributed by atoms with Crippen molar-refractivity contribution in [3.8, 4) is 24.3 Å². The summed E-state index contributed by atoms with van der Waals surface area (Å²) in [4.78, 5) is 12.7. The standard InChI is InChI=1S/C36H9F5N8/c1-46-20-11-9-19(10-12-20)25-28(23(16-45)48-3)30-31(35(37)38)29-26(33(36(39,40)41)32(30)34(25)49-4)21(14-43)24(27(29)22(15-44)47-2)18-7-5-17(13-42)6-8-18/h5-12,35H/b27-22-,28-23+. The minimum atomic E-state index is -5.48. The second-order valence-electron chi connectivity index (χ2n) is 10.0. The second kappa shape index (κ2) is 12.2. The van der Waals surface area contributed by atoms with Crippen molar-refractivity contribution in [2.75, 3.05) is 0 Å². The van der Waals surface area contributed by atoms with Gasteiger partial charge >= 0.3 is 6.18 Å². The molecule has 3 aromatic carbocycles. The largest absolute Gasteiger partial charge is 0.416 e. The van der Waals surface area contributed by atoms with Gasteiger partial charge in [-0.3, -0.25) is 0 Å². The Balaban J connectivity index is 2.17. The lowest BCUT2D eigenvalue weighted by Gasteiger charge is -2.24. The molecule has 0 saturated heterocycles. The summed E-state index contributed by atoms with van der Waals surface area (Å²) < 4.78 is 77.7. The van der Waals surface area contributed by atoms with Crippen molar-refractivity contribution < 1.29 is 22.0 Å². The van der Waals surface area contributed by atoms with Crippen LogP contribution in [0.2, 0.25) is 0 Å². The van der Waals surface area contributed by atoms with Gasteiger partial charge in [-0.2, -0.15) is 23.7 Å². The van der Waals surface area contributed by atoms with E-state index in [1.54, 1.807) is 6.07 Å². The number of allylic oxidation sites excluding steroid dienone is 7. The Morgan fingerprint density at radius 2 is 1.16 bits per heavy atom. The molecule has 0 radical (unpaired) electrons. The number of alkyl halides is 5. The minimum absolute atomic E-state index is 0.0709. The van der Waals surface area contributed by atoms with E-state index in [4.69, 9.17) is 26.3 Å². The first-order valence-electron chi connectivity index (χ1n) is 13.4. The molecule has 0 heterocycles. The van der Waals surface area contributed by atoms with Gasteiger partial charge in [0.25, 0.3) is 17.8 Å². The van der Waals surface area contributed by atoms with Crippen LogP contribution in [-0.4, -0.2) is 0 Å². The summed E-state index contributed by atoms with van der Waals surface area (Å²) in [5, 5.41) is 39.6. The predicted molar refractivity (Wildman–Crippen MR) is 164 cm³/mol. The van der Waals surface area contributed by atoms with Crippen LogP contribution < -0.4 is 0 Å². The van der Waals surface area contributed by atoms with E-state index in [2.05, 4.69) is 19.4 Å². The van der Waals surface area contributed by atoms with E-state index < -0.39 is 90.9 Å². The monoisotopic (exact) mass is 648 g/mol. The Labute approximate surface area is 274 Å². The number of hydrogen-bond acceptors (Lipinski definition) is 4. The van der Waals surface area contributed by atoms with Crippen LogP contribution >= 0.6 is 0 Å². The lowest BCUT2D eigenvalue weighted by molar-refractivity contribution is -0.138. The molecule has 0 N–H and O–H groups in total. The molecule has 3 aromatic rings. The molecule has 0 aliphatic heterocycles. The van der Waals surface area contributed by atoms with E-state index in [9.17, 15) is 21.0 Å². The number of hydrogen-bond donors (Lipinski definition) is 0. The van der Waals surface area contributed by atoms with Crippen LogP contribution in [0.15, 0.2) is 59.9 Å². The Bertz CT molecular complexity index is 2310. The number of nitrogens with zero attached hydrogens (tertiary/aromatic N) is 8. The highest BCUT2D eigenvalue weighted by Crippen LogP contribution is 2.62. The zero-order valence-corrected chi connectivity index (χ0v) is 24.2. The van der Waals surface area contributed by atoms with Crippen molar-refractivity contribution in [3.63, 3.8) is 0 Å². The maximum Gasteiger partial charge on any atom is 0.416 e. The number of halogens is 5. The molecule has 8 nitrogen and oxygen atoms in total. The van der Waals surface area contributed by atoms with Crippen LogP contribution in [-0.2, 0) is 6.18 Å². The first-order chi connectivity index (χ1) is 23.5. The van der Waals surface area contributed by atoms with Gasteiger partial charge in [0.05, 0.1) is 61.2 Å². The molecule has 0 fully saturated rings. The molecule has 2 aliphatic rings. The molecule has 5 rings (SSSR count). The van der Waals surface area contributed by atoms with Crippen molar-refractivity contribution in [1.82, 2.24) is 0 Å². The van der Waals surface area contributed by atoms with Crippen LogP contribution in [0.1, 0.15) is 56.5 Å². The van der Waals surface area contributed by atoms with Gasteiger partial charge in [0.1, 0.15) is 6.07 Å². The fourth-order valence-electron chi connectivity index (χ4n) is 5.98. The van der Waals surface area contributed by atoms with Gasteiger partial charge in [0.2, 0.25) is 5.70 Å². The summed E-state index contributed by atoms with van der Waals surface area (Å²) in [6.07, 6.45) is -9.19. The van der Waals surface area contributed by atoms with Crippen molar-refractivity contribution in [1.29, 1.82) is 21.0 Å². The molecule has 0 aromatic heterocycles. The molecule has 0 bridgehead atoms. The van der Waals surface area contributed by atoms with E-state index >= 15 is 22.0 Å². The highest BCUT2D eigenvalue weighted by atomic mass is 19.4. The zero-order valence-electron chi connectivity index (χ0n) is 24.2. The van der Waals surface area contributed by atoms with Gasteiger partial charge in [-0.1, -0.05) is 36.4 Å². The van der Waals surface area contributed by atoms with Gasteiger partial charge in [-0.15, -0.1) is 0 Å². The highest BCUT2D eigenvalue weighted by Gasteiger charge is 2.50. The van der Waals surface area contributed by atoms with E-state index in [0.717, 1.165) is 0 Å². The SMILES string of the molecule is [C-]#[N+]C1=C(c2ccc([N+]#[C-])cc2)/C(=C(/C#N)[N+]#[C-])c2c1c(C(F)(F)F)c1c(c2C(F)F)/C(=C(/C#N)[N+]#[C-])C(c2ccc(C#N)cc2)=C1C#N. The van der Waals surface area contributed by atoms with Crippen LogP contribution in [0, 0.1) is 71.6 Å². The molecule has 13 heteroatoms. The fourth-order valence-corrected chi connectivity index (χ4v) is 5.98. The molecule has 49 heavy (non-hydrogen) atoms. The van der Waals surface area contributed by atoms with Crippen molar-refractivity contribution in [2.45, 2.75) is 12.6 Å². The van der Waals surface area contributed by atoms with Crippen LogP contribution in [0.5, 0.6) is 0 Å². The molecular formula is C36H9F5N8. The lowest BCUT2D eigenvalue weighted by atomic mass is 9.82. The third-order valence-corrected chi connectivity index (χ3v) is 7.73. The summed E-state index contributed by atoms with van der Waals surface area (Å²) in [5.74, 6) is 0. The normalized spacial score (nSPS) is 15.0. The highest BCUT2D eigenvalue weighted by molar-refractivity contribution is 6.30. The van der Waals surface area contributed by atoms with E-state index in [-0.39, 0.29) is 22.4 Å². The smallest absolute Gasteiger partial charge is 0.238 e. The zero-order chi connectivity index (χ0) is 35.8. The van der Waals surface area contributed by atoms with Gasteiger partial charge in [0, 0.05) is 22.3 Å². The average molecular weight is 649 g/mol. The second-order valence-corrected chi connectivity index (χ2v) is 10.0. The van der Waals surface area contributed by atoms with E-state index in [0.29, 0.717) is 0 Å². The lowest BCUT2D eigenvalue weighted by Crippen LogP contribution is -2.16. The van der Waals surface area contributed by atoms with Crippen molar-refractivity contribution in [3.05, 3.63) is 156 Å².